The molecule has 0 saturated carbocycles. The largest absolute Gasteiger partial charge is 0.486 e. The maximum Gasteiger partial charge on any atom is 0.123 e. The van der Waals surface area contributed by atoms with Crippen molar-refractivity contribution in [1.29, 1.82) is 0 Å². The normalized spacial score (nSPS) is 31.5. The van der Waals surface area contributed by atoms with Gasteiger partial charge >= 0.3 is 0 Å². The summed E-state index contributed by atoms with van der Waals surface area (Å²) in [6.07, 6.45) is 3.70. The lowest BCUT2D eigenvalue weighted by Crippen LogP contribution is -2.43. The zero-order valence-electron chi connectivity index (χ0n) is 10.8. The molecule has 1 aromatic rings. The Morgan fingerprint density at radius 2 is 2.06 bits per heavy atom. The Bertz CT molecular complexity index is 425. The smallest absolute Gasteiger partial charge is 0.123 e. The van der Waals surface area contributed by atoms with Crippen molar-refractivity contribution >= 4 is 0 Å². The van der Waals surface area contributed by atoms with Crippen LogP contribution in [0.3, 0.4) is 0 Å². The summed E-state index contributed by atoms with van der Waals surface area (Å²) >= 11 is 0. The second kappa shape index (κ2) is 4.02. The minimum atomic E-state index is 0.108. The second-order valence-electron chi connectivity index (χ2n) is 5.61. The first kappa shape index (κ1) is 11.1. The third-order valence-corrected chi connectivity index (χ3v) is 4.38. The van der Waals surface area contributed by atoms with Gasteiger partial charge in [-0.3, -0.25) is 4.90 Å². The van der Waals surface area contributed by atoms with Gasteiger partial charge in [-0.2, -0.15) is 0 Å². The quantitative estimate of drug-likeness (QED) is 0.776. The molecule has 2 atom stereocenters. The van der Waals surface area contributed by atoms with E-state index in [0.717, 1.165) is 12.3 Å². The molecule has 2 aliphatic heterocycles. The number of piperidine rings is 1. The lowest BCUT2D eigenvalue weighted by Gasteiger charge is -2.35. The Hall–Kier alpha value is -1.02. The molecule has 2 nitrogen and oxygen atoms in total. The minimum Gasteiger partial charge on any atom is -0.486 e. The predicted octanol–water partition coefficient (Wildman–Crippen LogP) is 2.92. The fourth-order valence-electron chi connectivity index (χ4n) is 3.15. The molecule has 0 radical (unpaired) electrons. The van der Waals surface area contributed by atoms with E-state index in [4.69, 9.17) is 4.74 Å². The fourth-order valence-corrected chi connectivity index (χ4v) is 3.15. The molecule has 0 amide bonds. The molecule has 2 heteroatoms. The Morgan fingerprint density at radius 1 is 1.18 bits per heavy atom. The van der Waals surface area contributed by atoms with E-state index in [9.17, 15) is 0 Å². The fraction of sp³-hybridized carbons (Fsp3) is 0.600. The highest BCUT2D eigenvalue weighted by Crippen LogP contribution is 2.37. The standard InChI is InChI=1S/C15H21NO/c1-12-5-3-6-14(13(12)2)17-15-7-4-9-16(11-15)10-8-15/h3,5-6H,4,7-11H2,1-2H3. The average Bonchev–Trinajstić information content (AvgIpc) is 2.61. The van der Waals surface area contributed by atoms with Crippen molar-refractivity contribution in [3.63, 3.8) is 0 Å². The zero-order chi connectivity index (χ0) is 11.9. The van der Waals surface area contributed by atoms with Crippen molar-refractivity contribution in [1.82, 2.24) is 4.90 Å². The van der Waals surface area contributed by atoms with Crippen LogP contribution in [0.15, 0.2) is 18.2 Å². The SMILES string of the molecule is Cc1cccc(OC23CCCN(CC2)C3)c1C. The molecule has 2 fully saturated rings. The van der Waals surface area contributed by atoms with Gasteiger partial charge in [0.25, 0.3) is 0 Å². The number of fused-ring (bicyclic) bond motifs is 2. The summed E-state index contributed by atoms with van der Waals surface area (Å²) in [4.78, 5) is 2.54. The van der Waals surface area contributed by atoms with E-state index in [1.54, 1.807) is 0 Å². The molecule has 0 N–H and O–H groups in total. The van der Waals surface area contributed by atoms with Gasteiger partial charge in [0.05, 0.1) is 0 Å². The van der Waals surface area contributed by atoms with E-state index in [1.165, 1.54) is 43.5 Å². The van der Waals surface area contributed by atoms with Crippen molar-refractivity contribution in [2.75, 3.05) is 19.6 Å². The lowest BCUT2D eigenvalue weighted by molar-refractivity contribution is 0.0446. The highest BCUT2D eigenvalue weighted by atomic mass is 16.5. The highest BCUT2D eigenvalue weighted by Gasteiger charge is 2.43. The molecule has 2 unspecified atom stereocenters. The number of aryl methyl sites for hydroxylation is 1. The highest BCUT2D eigenvalue weighted by molar-refractivity contribution is 5.38. The van der Waals surface area contributed by atoms with Gasteiger partial charge in [0.1, 0.15) is 11.4 Å². The first-order valence-electron chi connectivity index (χ1n) is 6.66. The molecule has 2 saturated heterocycles. The molecule has 0 spiro atoms. The van der Waals surface area contributed by atoms with Crippen LogP contribution in [0.5, 0.6) is 5.75 Å². The molecular formula is C15H21NO. The van der Waals surface area contributed by atoms with E-state index in [0.29, 0.717) is 0 Å². The van der Waals surface area contributed by atoms with Crippen LogP contribution in [0.25, 0.3) is 0 Å². The van der Waals surface area contributed by atoms with Gasteiger partial charge < -0.3 is 4.74 Å². The molecule has 92 valence electrons. The summed E-state index contributed by atoms with van der Waals surface area (Å²) in [6, 6.07) is 6.37. The van der Waals surface area contributed by atoms with Gasteiger partial charge in [-0.05, 0) is 50.4 Å². The van der Waals surface area contributed by atoms with Gasteiger partial charge in [-0.1, -0.05) is 12.1 Å². The van der Waals surface area contributed by atoms with Gasteiger partial charge in [0, 0.05) is 19.5 Å². The number of hydrogen-bond donors (Lipinski definition) is 0. The van der Waals surface area contributed by atoms with Crippen LogP contribution in [-0.4, -0.2) is 30.1 Å². The number of rotatable bonds is 2. The molecule has 17 heavy (non-hydrogen) atoms. The summed E-state index contributed by atoms with van der Waals surface area (Å²) in [5.41, 5.74) is 2.73. The van der Waals surface area contributed by atoms with Crippen molar-refractivity contribution in [3.05, 3.63) is 29.3 Å². The number of benzene rings is 1. The van der Waals surface area contributed by atoms with Crippen molar-refractivity contribution in [2.24, 2.45) is 0 Å². The van der Waals surface area contributed by atoms with Crippen LogP contribution >= 0.6 is 0 Å². The summed E-state index contributed by atoms with van der Waals surface area (Å²) in [5, 5.41) is 0. The Balaban J connectivity index is 1.85. The Morgan fingerprint density at radius 3 is 2.94 bits per heavy atom. The van der Waals surface area contributed by atoms with E-state index in [-0.39, 0.29) is 5.60 Å². The summed E-state index contributed by atoms with van der Waals surface area (Å²) in [5.74, 6) is 1.09. The minimum absolute atomic E-state index is 0.108. The maximum atomic E-state index is 6.40. The topological polar surface area (TPSA) is 12.5 Å². The maximum absolute atomic E-state index is 6.40. The van der Waals surface area contributed by atoms with Crippen molar-refractivity contribution in [3.8, 4) is 5.75 Å². The van der Waals surface area contributed by atoms with Crippen LogP contribution in [0.1, 0.15) is 30.4 Å². The van der Waals surface area contributed by atoms with E-state index in [2.05, 4.69) is 36.9 Å². The third-order valence-electron chi connectivity index (χ3n) is 4.38. The summed E-state index contributed by atoms with van der Waals surface area (Å²) in [6.45, 7) is 7.92. The molecule has 2 bridgehead atoms. The molecule has 2 aliphatic rings. The Labute approximate surface area is 104 Å². The van der Waals surface area contributed by atoms with Gasteiger partial charge in [0.15, 0.2) is 0 Å². The predicted molar refractivity (Wildman–Crippen MR) is 69.6 cm³/mol. The van der Waals surface area contributed by atoms with E-state index >= 15 is 0 Å². The molecule has 3 rings (SSSR count). The van der Waals surface area contributed by atoms with Crippen molar-refractivity contribution < 1.29 is 4.74 Å². The molecular weight excluding hydrogens is 210 g/mol. The number of ether oxygens (including phenoxy) is 1. The van der Waals surface area contributed by atoms with Crippen LogP contribution in [0, 0.1) is 13.8 Å². The van der Waals surface area contributed by atoms with E-state index < -0.39 is 0 Å². The molecule has 0 aromatic heterocycles. The van der Waals surface area contributed by atoms with Gasteiger partial charge in [-0.25, -0.2) is 0 Å². The van der Waals surface area contributed by atoms with Crippen LogP contribution < -0.4 is 4.74 Å². The van der Waals surface area contributed by atoms with E-state index in [1.807, 2.05) is 0 Å². The Kier molecular flexibility index (Phi) is 2.62. The average molecular weight is 231 g/mol. The third kappa shape index (κ3) is 1.95. The lowest BCUT2D eigenvalue weighted by atomic mass is 9.94. The van der Waals surface area contributed by atoms with Crippen LogP contribution in [-0.2, 0) is 0 Å². The van der Waals surface area contributed by atoms with Gasteiger partial charge in [0.2, 0.25) is 0 Å². The first-order chi connectivity index (χ1) is 8.19. The number of hydrogen-bond acceptors (Lipinski definition) is 2. The van der Waals surface area contributed by atoms with Crippen LogP contribution in [0.4, 0.5) is 0 Å². The summed E-state index contributed by atoms with van der Waals surface area (Å²) < 4.78 is 6.40. The first-order valence-corrected chi connectivity index (χ1v) is 6.66. The monoisotopic (exact) mass is 231 g/mol. The second-order valence-corrected chi connectivity index (χ2v) is 5.61. The zero-order valence-corrected chi connectivity index (χ0v) is 10.8. The molecule has 1 aromatic carbocycles. The van der Waals surface area contributed by atoms with Crippen molar-refractivity contribution in [2.45, 2.75) is 38.7 Å². The van der Waals surface area contributed by atoms with Crippen LogP contribution in [0.2, 0.25) is 0 Å². The molecule has 2 heterocycles. The molecule has 0 aliphatic carbocycles. The van der Waals surface area contributed by atoms with Gasteiger partial charge in [-0.15, -0.1) is 0 Å². The number of nitrogens with zero attached hydrogens (tertiary/aromatic N) is 1. The summed E-state index contributed by atoms with van der Waals surface area (Å²) in [7, 11) is 0.